The van der Waals surface area contributed by atoms with E-state index in [1.807, 2.05) is 40.1 Å². The summed E-state index contributed by atoms with van der Waals surface area (Å²) in [5.74, 6) is 0.256. The van der Waals surface area contributed by atoms with E-state index in [4.69, 9.17) is 4.74 Å². The first-order valence-electron chi connectivity index (χ1n) is 10.0. The molecular formula is C23H25FN2O3. The number of rotatable bonds is 4. The summed E-state index contributed by atoms with van der Waals surface area (Å²) in [6.07, 6.45) is 1.71. The molecule has 2 fully saturated rings. The first kappa shape index (κ1) is 19.4. The minimum absolute atomic E-state index is 0.0154. The predicted molar refractivity (Wildman–Crippen MR) is 107 cm³/mol. The lowest BCUT2D eigenvalue weighted by molar-refractivity contribution is -0.139. The van der Waals surface area contributed by atoms with Gasteiger partial charge >= 0.3 is 0 Å². The molecule has 0 aliphatic carbocycles. The van der Waals surface area contributed by atoms with Crippen LogP contribution in [0.3, 0.4) is 0 Å². The van der Waals surface area contributed by atoms with Crippen molar-refractivity contribution in [3.05, 3.63) is 66.0 Å². The number of piperidine rings is 1. The number of likely N-dealkylation sites (tertiary alicyclic amines) is 2. The highest BCUT2D eigenvalue weighted by Gasteiger charge is 2.49. The fourth-order valence-corrected chi connectivity index (χ4v) is 4.69. The quantitative estimate of drug-likeness (QED) is 0.798. The van der Waals surface area contributed by atoms with Gasteiger partial charge in [-0.05, 0) is 42.7 Å². The van der Waals surface area contributed by atoms with Gasteiger partial charge in [0.05, 0.1) is 12.1 Å². The summed E-state index contributed by atoms with van der Waals surface area (Å²) in [5.41, 5.74) is 0.953. The van der Waals surface area contributed by atoms with E-state index in [1.54, 1.807) is 19.1 Å². The highest BCUT2D eigenvalue weighted by molar-refractivity contribution is 5.80. The van der Waals surface area contributed by atoms with Gasteiger partial charge in [-0.15, -0.1) is 0 Å². The van der Waals surface area contributed by atoms with E-state index in [9.17, 15) is 14.0 Å². The largest absolute Gasteiger partial charge is 0.484 e. The van der Waals surface area contributed by atoms with Gasteiger partial charge in [0.1, 0.15) is 11.6 Å². The van der Waals surface area contributed by atoms with Gasteiger partial charge in [-0.1, -0.05) is 30.3 Å². The number of hydrogen-bond acceptors (Lipinski definition) is 3. The molecule has 0 spiro atoms. The van der Waals surface area contributed by atoms with Gasteiger partial charge in [0, 0.05) is 25.9 Å². The molecule has 5 nitrogen and oxygen atoms in total. The number of fused-ring (bicyclic) bond motifs is 1. The van der Waals surface area contributed by atoms with Crippen LogP contribution in [-0.2, 0) is 9.59 Å². The lowest BCUT2D eigenvalue weighted by atomic mass is 9.86. The standard InChI is InChI=1S/C23H25FN2O3/c1-16(27)25-13-5-8-21-23(25)20(17-9-11-18(24)12-10-17)14-26(21)22(28)15-29-19-6-3-2-4-7-19/h2-4,6-7,9-12,20-21,23H,5,8,13-15H2,1H3/t20-,21-,23-/m1/s1. The van der Waals surface area contributed by atoms with Crippen LogP contribution >= 0.6 is 0 Å². The molecule has 0 bridgehead atoms. The molecule has 2 amide bonds. The van der Waals surface area contributed by atoms with Gasteiger partial charge in [0.2, 0.25) is 5.91 Å². The number of hydrogen-bond donors (Lipinski definition) is 0. The van der Waals surface area contributed by atoms with Gasteiger partial charge < -0.3 is 14.5 Å². The molecule has 0 N–H and O–H groups in total. The highest BCUT2D eigenvalue weighted by Crippen LogP contribution is 2.40. The van der Waals surface area contributed by atoms with Crippen molar-refractivity contribution in [1.82, 2.24) is 9.80 Å². The van der Waals surface area contributed by atoms with Crippen LogP contribution < -0.4 is 4.74 Å². The number of carbonyl (C=O) groups is 2. The van der Waals surface area contributed by atoms with Gasteiger partial charge in [0.25, 0.3) is 5.91 Å². The van der Waals surface area contributed by atoms with E-state index < -0.39 is 0 Å². The van der Waals surface area contributed by atoms with Crippen LogP contribution in [0.4, 0.5) is 4.39 Å². The number of ether oxygens (including phenoxy) is 1. The van der Waals surface area contributed by atoms with Crippen LogP contribution in [-0.4, -0.2) is 53.4 Å². The van der Waals surface area contributed by atoms with E-state index in [1.165, 1.54) is 12.1 Å². The van der Waals surface area contributed by atoms with Crippen molar-refractivity contribution in [3.8, 4) is 5.75 Å². The van der Waals surface area contributed by atoms with Crippen molar-refractivity contribution in [2.75, 3.05) is 19.7 Å². The normalized spacial score (nSPS) is 23.6. The third kappa shape index (κ3) is 3.97. The summed E-state index contributed by atoms with van der Waals surface area (Å²) in [4.78, 5) is 29.1. The molecule has 3 atom stereocenters. The molecule has 2 aliphatic heterocycles. The highest BCUT2D eigenvalue weighted by atomic mass is 19.1. The smallest absolute Gasteiger partial charge is 0.260 e. The minimum atomic E-state index is -0.292. The average Bonchev–Trinajstić information content (AvgIpc) is 3.13. The summed E-state index contributed by atoms with van der Waals surface area (Å²) < 4.78 is 19.1. The zero-order valence-electron chi connectivity index (χ0n) is 16.5. The monoisotopic (exact) mass is 396 g/mol. The lowest BCUT2D eigenvalue weighted by Gasteiger charge is -2.41. The lowest BCUT2D eigenvalue weighted by Crippen LogP contribution is -2.54. The molecular weight excluding hydrogens is 371 g/mol. The first-order chi connectivity index (χ1) is 14.0. The van der Waals surface area contributed by atoms with E-state index in [0.717, 1.165) is 18.4 Å². The molecule has 2 aliphatic rings. The van der Waals surface area contributed by atoms with E-state index in [2.05, 4.69) is 0 Å². The Morgan fingerprint density at radius 1 is 1.07 bits per heavy atom. The van der Waals surface area contributed by atoms with E-state index in [0.29, 0.717) is 18.8 Å². The summed E-state index contributed by atoms with van der Waals surface area (Å²) >= 11 is 0. The Morgan fingerprint density at radius 2 is 1.79 bits per heavy atom. The molecule has 0 radical (unpaired) electrons. The SMILES string of the molecule is CC(=O)N1CCC[C@@H]2[C@H]1[C@@H](c1ccc(F)cc1)CN2C(=O)COc1ccccc1. The molecule has 29 heavy (non-hydrogen) atoms. The van der Waals surface area contributed by atoms with Crippen molar-refractivity contribution in [2.24, 2.45) is 0 Å². The second-order valence-corrected chi connectivity index (χ2v) is 7.72. The second kappa shape index (κ2) is 8.23. The Kier molecular flexibility index (Phi) is 5.51. The maximum Gasteiger partial charge on any atom is 0.260 e. The molecule has 4 rings (SSSR count). The molecule has 0 saturated carbocycles. The summed E-state index contributed by atoms with van der Waals surface area (Å²) in [6, 6.07) is 15.5. The molecule has 2 heterocycles. The van der Waals surface area contributed by atoms with Crippen LogP contribution in [0, 0.1) is 5.82 Å². The van der Waals surface area contributed by atoms with Crippen LogP contribution in [0.15, 0.2) is 54.6 Å². The third-order valence-corrected chi connectivity index (χ3v) is 5.99. The van der Waals surface area contributed by atoms with Crippen LogP contribution in [0.2, 0.25) is 0 Å². The minimum Gasteiger partial charge on any atom is -0.484 e. The van der Waals surface area contributed by atoms with Crippen molar-refractivity contribution in [1.29, 1.82) is 0 Å². The zero-order valence-corrected chi connectivity index (χ0v) is 16.5. The van der Waals surface area contributed by atoms with Gasteiger partial charge in [-0.3, -0.25) is 9.59 Å². The Bertz CT molecular complexity index is 871. The molecule has 0 aromatic heterocycles. The number of benzene rings is 2. The van der Waals surface area contributed by atoms with E-state index >= 15 is 0 Å². The Balaban J connectivity index is 1.57. The molecule has 0 unspecified atom stereocenters. The van der Waals surface area contributed by atoms with Crippen molar-refractivity contribution >= 4 is 11.8 Å². The van der Waals surface area contributed by atoms with Gasteiger partial charge in [0.15, 0.2) is 6.61 Å². The first-order valence-corrected chi connectivity index (χ1v) is 10.0. The number of carbonyl (C=O) groups excluding carboxylic acids is 2. The molecule has 2 saturated heterocycles. The van der Waals surface area contributed by atoms with Crippen LogP contribution in [0.5, 0.6) is 5.75 Å². The van der Waals surface area contributed by atoms with Crippen molar-refractivity contribution in [3.63, 3.8) is 0 Å². The fraction of sp³-hybridized carbons (Fsp3) is 0.391. The maximum absolute atomic E-state index is 13.4. The van der Waals surface area contributed by atoms with Gasteiger partial charge in [-0.2, -0.15) is 0 Å². The molecule has 6 heteroatoms. The predicted octanol–water partition coefficient (Wildman–Crippen LogP) is 3.21. The van der Waals surface area contributed by atoms with Crippen LogP contribution in [0.25, 0.3) is 0 Å². The summed E-state index contributed by atoms with van der Waals surface area (Å²) in [6.45, 7) is 2.73. The van der Waals surface area contributed by atoms with Crippen molar-refractivity contribution in [2.45, 2.75) is 37.8 Å². The third-order valence-electron chi connectivity index (χ3n) is 5.99. The maximum atomic E-state index is 13.4. The molecule has 152 valence electrons. The Hall–Kier alpha value is -2.89. The van der Waals surface area contributed by atoms with E-state index in [-0.39, 0.29) is 42.2 Å². The van der Waals surface area contributed by atoms with Crippen LogP contribution in [0.1, 0.15) is 31.2 Å². The Labute approximate surface area is 170 Å². The summed E-state index contributed by atoms with van der Waals surface area (Å²) in [7, 11) is 0. The number of halogens is 1. The number of nitrogens with zero attached hydrogens (tertiary/aromatic N) is 2. The molecule has 2 aromatic carbocycles. The summed E-state index contributed by atoms with van der Waals surface area (Å²) in [5, 5.41) is 0. The fourth-order valence-electron chi connectivity index (χ4n) is 4.69. The Morgan fingerprint density at radius 3 is 2.48 bits per heavy atom. The number of amides is 2. The van der Waals surface area contributed by atoms with Crippen molar-refractivity contribution < 1.29 is 18.7 Å². The topological polar surface area (TPSA) is 49.9 Å². The van der Waals surface area contributed by atoms with Gasteiger partial charge in [-0.25, -0.2) is 4.39 Å². The average molecular weight is 396 g/mol. The zero-order chi connectivity index (χ0) is 20.4. The number of para-hydroxylation sites is 1. The molecule has 2 aromatic rings. The second-order valence-electron chi connectivity index (χ2n) is 7.72.